The van der Waals surface area contributed by atoms with Crippen LogP contribution < -0.4 is 0 Å². The van der Waals surface area contributed by atoms with E-state index < -0.39 is 0 Å². The average molecular weight is 524 g/mol. The molecule has 2 heterocycles. The van der Waals surface area contributed by atoms with E-state index in [1.807, 2.05) is 0 Å². The van der Waals surface area contributed by atoms with Gasteiger partial charge in [-0.1, -0.05) is 92.9 Å². The van der Waals surface area contributed by atoms with E-state index in [4.69, 9.17) is 0 Å². The zero-order chi connectivity index (χ0) is 22.7. The summed E-state index contributed by atoms with van der Waals surface area (Å²) >= 11 is 0. The predicted octanol–water partition coefficient (Wildman–Crippen LogP) is 9.79. The fraction of sp³-hybridized carbons (Fsp3) is 1.00. The van der Waals surface area contributed by atoms with Crippen molar-refractivity contribution < 1.29 is 0 Å². The van der Waals surface area contributed by atoms with Crippen LogP contribution in [0.3, 0.4) is 0 Å². The molecule has 0 aromatic rings. The molecule has 36 heavy (non-hydrogen) atoms. The Balaban J connectivity index is 0.00000152. The predicted molar refractivity (Wildman–Crippen MR) is 166 cm³/mol. The molecule has 0 amide bonds. The van der Waals surface area contributed by atoms with E-state index >= 15 is 0 Å². The summed E-state index contributed by atoms with van der Waals surface area (Å²) in [4.78, 5) is 0. The lowest BCUT2D eigenvalue weighted by Crippen LogP contribution is -2.45. The van der Waals surface area contributed by atoms with Gasteiger partial charge in [-0.3, -0.25) is 0 Å². The van der Waals surface area contributed by atoms with Gasteiger partial charge in [-0.15, -0.1) is 0 Å². The van der Waals surface area contributed by atoms with E-state index in [0.29, 0.717) is 15.8 Å². The fourth-order valence-electron chi connectivity index (χ4n) is 10.1. The maximum Gasteiger partial charge on any atom is 0 e. The highest BCUT2D eigenvalue weighted by molar-refractivity contribution is 7.65. The molecule has 0 N–H and O–H groups in total. The molecule has 4 aliphatic carbocycles. The normalized spacial score (nSPS) is 36.3. The molecule has 6 aliphatic rings. The highest BCUT2D eigenvalue weighted by Gasteiger charge is 2.50. The topological polar surface area (TPSA) is 0 Å². The first-order chi connectivity index (χ1) is 16.9. The molecule has 6 radical (unpaired) electrons. The maximum absolute atomic E-state index is 1.75. The SMILES string of the molecule is C1CCC([C@@H]2C[C@@H](C3CCCCC3)P2CCP2[C@H](C3CCCCC3)C[C@H]2C2CCCCC2)CC1.[B].[B]. The van der Waals surface area contributed by atoms with Crippen molar-refractivity contribution in [2.45, 2.75) is 164 Å². The van der Waals surface area contributed by atoms with Gasteiger partial charge in [0.15, 0.2) is 0 Å². The first-order valence-electron chi connectivity index (χ1n) is 16.4. The van der Waals surface area contributed by atoms with Crippen LogP contribution in [0.25, 0.3) is 0 Å². The summed E-state index contributed by atoms with van der Waals surface area (Å²) in [5.74, 6) is 4.66. The minimum atomic E-state index is 0. The molecule has 0 bridgehead atoms. The summed E-state index contributed by atoms with van der Waals surface area (Å²) in [5.41, 5.74) is 4.89. The molecular weight excluding hydrogens is 468 g/mol. The largest absolute Gasteiger partial charge is 0.0994 e. The third-order valence-corrected chi connectivity index (χ3v) is 19.8. The van der Waals surface area contributed by atoms with Crippen molar-refractivity contribution in [1.82, 2.24) is 0 Å². The second-order valence-corrected chi connectivity index (χ2v) is 19.4. The van der Waals surface area contributed by atoms with Crippen LogP contribution in [0.15, 0.2) is 0 Å². The van der Waals surface area contributed by atoms with Gasteiger partial charge in [-0.25, -0.2) is 0 Å². The lowest BCUT2D eigenvalue weighted by atomic mass is 9.80. The molecule has 0 aromatic heterocycles. The van der Waals surface area contributed by atoms with Crippen molar-refractivity contribution in [3.63, 3.8) is 0 Å². The molecule has 2 saturated heterocycles. The summed E-state index contributed by atoms with van der Waals surface area (Å²) in [6.45, 7) is 0. The molecule has 6 rings (SSSR count). The Labute approximate surface area is 232 Å². The van der Waals surface area contributed by atoms with Crippen molar-refractivity contribution in [3.05, 3.63) is 0 Å². The van der Waals surface area contributed by atoms with Crippen molar-refractivity contribution in [1.29, 1.82) is 0 Å². The van der Waals surface area contributed by atoms with E-state index in [-0.39, 0.29) is 16.8 Å². The van der Waals surface area contributed by atoms with Crippen molar-refractivity contribution >= 4 is 32.7 Å². The molecule has 0 nitrogen and oxygen atoms in total. The standard InChI is InChI=1S/C32H56P2.2B/c1-5-13-25(14-6-1)29-23-30(26-15-7-2-8-16-26)33(29)21-22-34-31(27-17-9-3-10-18-27)24-32(34)28-19-11-4-12-20-28;;/h25-32H,1-24H2;;/t29-,30-,31-,32-;;/m0../s1. The zero-order valence-corrected chi connectivity index (χ0v) is 25.4. The van der Waals surface area contributed by atoms with Gasteiger partial charge in [-0.05, 0) is 123 Å². The van der Waals surface area contributed by atoms with Crippen LogP contribution in [0, 0.1) is 23.7 Å². The molecular formula is C32H56B2P2. The maximum atomic E-state index is 1.75. The van der Waals surface area contributed by atoms with E-state index in [9.17, 15) is 0 Å². The van der Waals surface area contributed by atoms with Crippen molar-refractivity contribution in [2.75, 3.05) is 12.3 Å². The van der Waals surface area contributed by atoms with Gasteiger partial charge in [-0.2, -0.15) is 0 Å². The molecule has 0 aromatic carbocycles. The molecule has 4 heteroatoms. The minimum absolute atomic E-state index is 0. The van der Waals surface area contributed by atoms with Gasteiger partial charge >= 0.3 is 0 Å². The smallest absolute Gasteiger partial charge is 0 e. The summed E-state index contributed by atoms with van der Waals surface area (Å²) < 4.78 is 0. The van der Waals surface area contributed by atoms with Crippen molar-refractivity contribution in [2.24, 2.45) is 23.7 Å². The molecule has 6 fully saturated rings. The highest BCUT2D eigenvalue weighted by Crippen LogP contribution is 2.71. The number of hydrogen-bond donors (Lipinski definition) is 0. The molecule has 0 unspecified atom stereocenters. The van der Waals surface area contributed by atoms with E-state index in [1.54, 1.807) is 154 Å². The summed E-state index contributed by atoms with van der Waals surface area (Å²) in [5, 5.41) is 0. The van der Waals surface area contributed by atoms with Gasteiger partial charge in [0.2, 0.25) is 0 Å². The van der Waals surface area contributed by atoms with E-state index in [0.717, 1.165) is 23.7 Å². The molecule has 200 valence electrons. The van der Waals surface area contributed by atoms with Gasteiger partial charge in [0.05, 0.1) is 0 Å². The minimum Gasteiger partial charge on any atom is -0.0994 e. The molecule has 0 spiro atoms. The average Bonchev–Trinajstić information content (AvgIpc) is 2.88. The van der Waals surface area contributed by atoms with Crippen LogP contribution in [0.1, 0.15) is 141 Å². The summed E-state index contributed by atoms with van der Waals surface area (Å²) in [7, 11) is 0.737. The summed E-state index contributed by atoms with van der Waals surface area (Å²) in [6, 6.07) is 0. The fourth-order valence-corrected chi connectivity index (χ4v) is 18.8. The Morgan fingerprint density at radius 1 is 0.333 bits per heavy atom. The van der Waals surface area contributed by atoms with Gasteiger partial charge in [0.1, 0.15) is 0 Å². The lowest BCUT2D eigenvalue weighted by Gasteiger charge is -2.57. The molecule has 4 atom stereocenters. The van der Waals surface area contributed by atoms with Crippen molar-refractivity contribution in [3.8, 4) is 0 Å². The van der Waals surface area contributed by atoms with E-state index in [1.165, 1.54) is 22.6 Å². The second kappa shape index (κ2) is 14.6. The van der Waals surface area contributed by atoms with E-state index in [2.05, 4.69) is 0 Å². The Kier molecular flexibility index (Phi) is 12.1. The van der Waals surface area contributed by atoms with Crippen LogP contribution in [0.4, 0.5) is 0 Å². The first kappa shape index (κ1) is 30.0. The van der Waals surface area contributed by atoms with Crippen LogP contribution in [-0.2, 0) is 0 Å². The Hall–Kier alpha value is 0.990. The number of rotatable bonds is 7. The Bertz CT molecular complexity index is 518. The monoisotopic (exact) mass is 524 g/mol. The van der Waals surface area contributed by atoms with Crippen LogP contribution in [-0.4, -0.2) is 51.8 Å². The highest BCUT2D eigenvalue weighted by atomic mass is 31.1. The lowest BCUT2D eigenvalue weighted by molar-refractivity contribution is 0.272. The second-order valence-electron chi connectivity index (χ2n) is 13.8. The first-order valence-corrected chi connectivity index (χ1v) is 19.7. The third-order valence-electron chi connectivity index (χ3n) is 12.1. The quantitative estimate of drug-likeness (QED) is 0.230. The van der Waals surface area contributed by atoms with Crippen LogP contribution in [0.2, 0.25) is 0 Å². The van der Waals surface area contributed by atoms with Crippen LogP contribution in [0.5, 0.6) is 0 Å². The van der Waals surface area contributed by atoms with Crippen LogP contribution >= 0.6 is 15.8 Å². The molecule has 4 saturated carbocycles. The van der Waals surface area contributed by atoms with Gasteiger partial charge in [0.25, 0.3) is 0 Å². The molecule has 2 aliphatic heterocycles. The van der Waals surface area contributed by atoms with Gasteiger partial charge in [0, 0.05) is 16.8 Å². The summed E-state index contributed by atoms with van der Waals surface area (Å²) in [6.07, 6.45) is 38.5. The Morgan fingerprint density at radius 3 is 0.778 bits per heavy atom. The zero-order valence-electron chi connectivity index (χ0n) is 23.6. The number of hydrogen-bond acceptors (Lipinski definition) is 0. The Morgan fingerprint density at radius 2 is 0.556 bits per heavy atom. The third kappa shape index (κ3) is 6.65. The van der Waals surface area contributed by atoms with Gasteiger partial charge < -0.3 is 0 Å².